The van der Waals surface area contributed by atoms with Gasteiger partial charge in [-0.1, -0.05) is 60.7 Å². The van der Waals surface area contributed by atoms with Crippen LogP contribution in [0.25, 0.3) is 16.8 Å². The zero-order valence-electron chi connectivity index (χ0n) is 12.1. The van der Waals surface area contributed by atoms with Gasteiger partial charge >= 0.3 is 0 Å². The second-order valence-electron chi connectivity index (χ2n) is 4.97. The maximum absolute atomic E-state index is 5.85. The fraction of sp³-hybridized carbons (Fsp3) is 0.111. The van der Waals surface area contributed by atoms with E-state index in [1.54, 1.807) is 6.07 Å². The van der Waals surface area contributed by atoms with Crippen LogP contribution < -0.4 is 5.32 Å². The van der Waals surface area contributed by atoms with Crippen molar-refractivity contribution in [2.45, 2.75) is 6.42 Å². The Hall–Kier alpha value is -2.39. The fourth-order valence-corrected chi connectivity index (χ4v) is 2.70. The Balaban J connectivity index is 1.78. The number of rotatable bonds is 5. The van der Waals surface area contributed by atoms with Crippen molar-refractivity contribution in [3.05, 3.63) is 71.7 Å². The normalized spacial score (nSPS) is 10.6. The molecule has 4 heteroatoms. The smallest absolute Gasteiger partial charge is 0.134 e. The summed E-state index contributed by atoms with van der Waals surface area (Å²) in [4.78, 5) is 8.01. The molecular formula is C18H16ClN3. The number of nitrogens with one attached hydrogen (secondary N) is 1. The molecule has 3 aromatic rings. The van der Waals surface area contributed by atoms with Gasteiger partial charge in [0.25, 0.3) is 0 Å². The minimum Gasteiger partial charge on any atom is -0.370 e. The summed E-state index contributed by atoms with van der Waals surface area (Å²) in [7, 11) is 0. The maximum atomic E-state index is 5.85. The maximum Gasteiger partial charge on any atom is 0.134 e. The molecule has 0 amide bonds. The number of benzene rings is 2. The average molecular weight is 310 g/mol. The number of fused-ring (bicyclic) bond motifs is 1. The number of hydrogen-bond donors (Lipinski definition) is 1. The highest BCUT2D eigenvalue weighted by atomic mass is 35.5. The van der Waals surface area contributed by atoms with Crippen molar-refractivity contribution in [2.75, 3.05) is 11.9 Å². The molecule has 22 heavy (non-hydrogen) atoms. The molecule has 0 bridgehead atoms. The van der Waals surface area contributed by atoms with Crippen molar-refractivity contribution in [3.8, 4) is 0 Å². The lowest BCUT2D eigenvalue weighted by atomic mass is 9.97. The number of anilines is 1. The lowest BCUT2D eigenvalue weighted by molar-refractivity contribution is 0.999. The van der Waals surface area contributed by atoms with Gasteiger partial charge in [-0.3, -0.25) is 0 Å². The molecule has 0 aliphatic carbocycles. The van der Waals surface area contributed by atoms with Gasteiger partial charge in [0.05, 0.1) is 0 Å². The summed E-state index contributed by atoms with van der Waals surface area (Å²) in [5, 5.41) is 6.17. The molecule has 0 atom stereocenters. The Morgan fingerprint density at radius 1 is 1.14 bits per heavy atom. The SMILES string of the molecule is C=Cc1c(CCNc2cc(Cl)ncn2)ccc2ccccc12. The second kappa shape index (κ2) is 6.58. The van der Waals surface area contributed by atoms with Crippen LogP contribution in [0.2, 0.25) is 5.15 Å². The first-order valence-corrected chi connectivity index (χ1v) is 7.50. The first-order chi connectivity index (χ1) is 10.8. The topological polar surface area (TPSA) is 37.8 Å². The van der Waals surface area contributed by atoms with Crippen LogP contribution in [0, 0.1) is 0 Å². The first kappa shape index (κ1) is 14.5. The third-order valence-electron chi connectivity index (χ3n) is 3.60. The highest BCUT2D eigenvalue weighted by Gasteiger charge is 2.05. The van der Waals surface area contributed by atoms with E-state index in [1.807, 2.05) is 6.08 Å². The summed E-state index contributed by atoms with van der Waals surface area (Å²) in [6, 6.07) is 14.4. The van der Waals surface area contributed by atoms with E-state index >= 15 is 0 Å². The number of nitrogens with zero attached hydrogens (tertiary/aromatic N) is 2. The van der Waals surface area contributed by atoms with E-state index in [-0.39, 0.29) is 0 Å². The Morgan fingerprint density at radius 2 is 2.00 bits per heavy atom. The third-order valence-corrected chi connectivity index (χ3v) is 3.81. The quantitative estimate of drug-likeness (QED) is 0.701. The van der Waals surface area contributed by atoms with Crippen LogP contribution in [0.1, 0.15) is 11.1 Å². The number of aromatic nitrogens is 2. The molecule has 1 heterocycles. The summed E-state index contributed by atoms with van der Waals surface area (Å²) in [5.74, 6) is 0.737. The van der Waals surface area contributed by atoms with Gasteiger partial charge in [0.2, 0.25) is 0 Å². The van der Waals surface area contributed by atoms with Crippen molar-refractivity contribution in [3.63, 3.8) is 0 Å². The highest BCUT2D eigenvalue weighted by Crippen LogP contribution is 2.24. The Labute approximate surface area is 134 Å². The van der Waals surface area contributed by atoms with Crippen molar-refractivity contribution >= 4 is 34.3 Å². The van der Waals surface area contributed by atoms with Crippen LogP contribution in [0.15, 0.2) is 55.4 Å². The predicted octanol–water partition coefficient (Wildman–Crippen LogP) is 4.58. The van der Waals surface area contributed by atoms with Crippen LogP contribution in [-0.2, 0) is 6.42 Å². The van der Waals surface area contributed by atoms with E-state index in [9.17, 15) is 0 Å². The molecular weight excluding hydrogens is 294 g/mol. The molecule has 0 aliphatic rings. The Kier molecular flexibility index (Phi) is 4.35. The summed E-state index contributed by atoms with van der Waals surface area (Å²) in [5.41, 5.74) is 2.46. The van der Waals surface area contributed by atoms with Gasteiger partial charge in [-0.05, 0) is 28.3 Å². The van der Waals surface area contributed by atoms with Crippen LogP contribution in [0.3, 0.4) is 0 Å². The molecule has 0 unspecified atom stereocenters. The van der Waals surface area contributed by atoms with Crippen molar-refractivity contribution in [2.24, 2.45) is 0 Å². The van der Waals surface area contributed by atoms with Crippen molar-refractivity contribution in [1.82, 2.24) is 9.97 Å². The second-order valence-corrected chi connectivity index (χ2v) is 5.35. The standard InChI is InChI=1S/C18H16ClN3/c1-2-15-14(8-7-13-5-3-4-6-16(13)15)9-10-20-18-11-17(19)21-12-22-18/h2-8,11-12H,1,9-10H2,(H,20,21,22). The fourth-order valence-electron chi connectivity index (χ4n) is 2.56. The zero-order valence-corrected chi connectivity index (χ0v) is 12.8. The largest absolute Gasteiger partial charge is 0.370 e. The molecule has 0 saturated carbocycles. The highest BCUT2D eigenvalue weighted by molar-refractivity contribution is 6.29. The first-order valence-electron chi connectivity index (χ1n) is 7.12. The van der Waals surface area contributed by atoms with Crippen molar-refractivity contribution < 1.29 is 0 Å². The minimum atomic E-state index is 0.440. The van der Waals surface area contributed by atoms with Crippen LogP contribution in [0.4, 0.5) is 5.82 Å². The summed E-state index contributed by atoms with van der Waals surface area (Å²) in [6.45, 7) is 4.73. The molecule has 110 valence electrons. The minimum absolute atomic E-state index is 0.440. The van der Waals surface area contributed by atoms with E-state index in [4.69, 9.17) is 11.6 Å². The molecule has 0 radical (unpaired) electrons. The Bertz CT molecular complexity index is 814. The van der Waals surface area contributed by atoms with Gasteiger partial charge in [0.1, 0.15) is 17.3 Å². The van der Waals surface area contributed by atoms with Crippen molar-refractivity contribution in [1.29, 1.82) is 0 Å². The summed E-state index contributed by atoms with van der Waals surface area (Å²) >= 11 is 5.85. The van der Waals surface area contributed by atoms with Gasteiger partial charge < -0.3 is 5.32 Å². The van der Waals surface area contributed by atoms with Gasteiger partial charge in [-0.15, -0.1) is 0 Å². The molecule has 0 fully saturated rings. The van der Waals surface area contributed by atoms with Gasteiger partial charge in [0.15, 0.2) is 0 Å². The average Bonchev–Trinajstić information content (AvgIpc) is 2.54. The molecule has 0 saturated heterocycles. The van der Waals surface area contributed by atoms with Crippen LogP contribution in [0.5, 0.6) is 0 Å². The van der Waals surface area contributed by atoms with Gasteiger partial charge in [-0.25, -0.2) is 9.97 Å². The van der Waals surface area contributed by atoms with E-state index in [1.165, 1.54) is 28.2 Å². The Morgan fingerprint density at radius 3 is 2.82 bits per heavy atom. The van der Waals surface area contributed by atoms with E-state index in [0.717, 1.165) is 18.8 Å². The lowest BCUT2D eigenvalue weighted by Crippen LogP contribution is -2.07. The number of hydrogen-bond acceptors (Lipinski definition) is 3. The molecule has 1 aromatic heterocycles. The predicted molar refractivity (Wildman–Crippen MR) is 93.3 cm³/mol. The monoisotopic (exact) mass is 309 g/mol. The van der Waals surface area contributed by atoms with Crippen LogP contribution in [-0.4, -0.2) is 16.5 Å². The molecule has 3 rings (SSSR count). The molecule has 0 spiro atoms. The zero-order chi connectivity index (χ0) is 15.4. The molecule has 2 aromatic carbocycles. The van der Waals surface area contributed by atoms with Gasteiger partial charge in [0, 0.05) is 12.6 Å². The van der Waals surface area contributed by atoms with E-state index in [2.05, 4.69) is 58.3 Å². The van der Waals surface area contributed by atoms with Gasteiger partial charge in [-0.2, -0.15) is 0 Å². The molecule has 0 aliphatic heterocycles. The molecule has 1 N–H and O–H groups in total. The summed E-state index contributed by atoms with van der Waals surface area (Å²) in [6.07, 6.45) is 4.27. The summed E-state index contributed by atoms with van der Waals surface area (Å²) < 4.78 is 0. The van der Waals surface area contributed by atoms with E-state index < -0.39 is 0 Å². The van der Waals surface area contributed by atoms with Crippen LogP contribution >= 0.6 is 11.6 Å². The third kappa shape index (κ3) is 3.10. The van der Waals surface area contributed by atoms with E-state index in [0.29, 0.717) is 5.15 Å². The molecule has 3 nitrogen and oxygen atoms in total. The lowest BCUT2D eigenvalue weighted by Gasteiger charge is -2.11. The number of halogens is 1.